The highest BCUT2D eigenvalue weighted by Crippen LogP contribution is 2.47. The molecular weight excluding hydrogens is 278 g/mol. The minimum atomic E-state index is -3.97. The highest BCUT2D eigenvalue weighted by atomic mass is 19.3. The Morgan fingerprint density at radius 2 is 2.30 bits per heavy atom. The van der Waals surface area contributed by atoms with Gasteiger partial charge in [-0.1, -0.05) is 0 Å². The Labute approximate surface area is 110 Å². The van der Waals surface area contributed by atoms with E-state index in [0.29, 0.717) is 4.57 Å². The maximum atomic E-state index is 14.0. The van der Waals surface area contributed by atoms with Crippen LogP contribution in [0, 0.1) is 11.3 Å². The summed E-state index contributed by atoms with van der Waals surface area (Å²) in [6, 6.07) is 2.38. The molecule has 4 N–H and O–H groups in total. The maximum Gasteiger partial charge on any atom is 0.351 e. The zero-order valence-electron chi connectivity index (χ0n) is 9.90. The molecule has 1 aromatic rings. The van der Waals surface area contributed by atoms with Crippen LogP contribution in [0.25, 0.3) is 0 Å². The molecule has 0 unspecified atom stereocenters. The number of aromatic nitrogens is 2. The number of aliphatic hydroxyl groups excluding tert-OH is 2. The van der Waals surface area contributed by atoms with Crippen LogP contribution in [0.5, 0.6) is 0 Å². The Bertz CT molecular complexity index is 628. The summed E-state index contributed by atoms with van der Waals surface area (Å²) in [6.07, 6.45) is -3.97. The number of rotatable bonds is 2. The first-order valence-corrected chi connectivity index (χ1v) is 5.39. The topological polar surface area (TPSA) is 134 Å². The molecule has 0 bridgehead atoms. The lowest BCUT2D eigenvalue weighted by Gasteiger charge is -2.21. The first kappa shape index (κ1) is 14.3. The average molecular weight is 288 g/mol. The van der Waals surface area contributed by atoms with E-state index in [9.17, 15) is 18.7 Å². The Balaban J connectivity index is 2.53. The Morgan fingerprint density at radius 1 is 1.65 bits per heavy atom. The molecule has 8 nitrogen and oxygen atoms in total. The molecule has 0 saturated carbocycles. The number of anilines is 1. The van der Waals surface area contributed by atoms with E-state index in [1.54, 1.807) is 0 Å². The van der Waals surface area contributed by atoms with Gasteiger partial charge in [-0.25, -0.2) is 4.79 Å². The van der Waals surface area contributed by atoms with Gasteiger partial charge in [-0.3, -0.25) is 4.57 Å². The molecule has 108 valence electrons. The molecule has 1 aromatic heterocycles. The van der Waals surface area contributed by atoms with Gasteiger partial charge >= 0.3 is 11.6 Å². The van der Waals surface area contributed by atoms with Crippen LogP contribution in [0.4, 0.5) is 14.6 Å². The van der Waals surface area contributed by atoms with Crippen LogP contribution in [-0.4, -0.2) is 44.0 Å². The van der Waals surface area contributed by atoms with E-state index in [1.165, 1.54) is 6.07 Å². The van der Waals surface area contributed by atoms with Crippen LogP contribution in [0.15, 0.2) is 17.1 Å². The van der Waals surface area contributed by atoms with Gasteiger partial charge in [-0.15, -0.1) is 0 Å². The van der Waals surface area contributed by atoms with E-state index >= 15 is 0 Å². The second kappa shape index (κ2) is 4.48. The highest BCUT2D eigenvalue weighted by Gasteiger charge is 2.67. The van der Waals surface area contributed by atoms with Gasteiger partial charge < -0.3 is 20.7 Å². The van der Waals surface area contributed by atoms with E-state index in [1.807, 2.05) is 0 Å². The Hall–Kier alpha value is -2.09. The molecule has 3 atom stereocenters. The normalized spacial score (nSPS) is 31.9. The van der Waals surface area contributed by atoms with E-state index in [2.05, 4.69) is 4.98 Å². The van der Waals surface area contributed by atoms with Crippen molar-refractivity contribution in [3.63, 3.8) is 0 Å². The minimum absolute atomic E-state index is 0.179. The van der Waals surface area contributed by atoms with Crippen LogP contribution < -0.4 is 11.4 Å². The fraction of sp³-hybridized carbons (Fsp3) is 0.500. The third kappa shape index (κ3) is 1.83. The fourth-order valence-corrected chi connectivity index (χ4v) is 1.88. The molecule has 1 aliphatic rings. The minimum Gasteiger partial charge on any atom is -0.392 e. The number of halogens is 2. The third-order valence-electron chi connectivity index (χ3n) is 2.99. The predicted octanol–water partition coefficient (Wildman–Crippen LogP) is -1.39. The second-order valence-electron chi connectivity index (χ2n) is 4.25. The second-order valence-corrected chi connectivity index (χ2v) is 4.25. The molecule has 0 aromatic carbocycles. The van der Waals surface area contributed by atoms with Crippen LogP contribution >= 0.6 is 0 Å². The molecule has 2 rings (SSSR count). The number of hydrogen-bond donors (Lipinski definition) is 3. The number of nitrogen functional groups attached to an aromatic ring is 1. The summed E-state index contributed by atoms with van der Waals surface area (Å²) in [7, 11) is 0. The molecular formula is C10H10F2N4O4. The summed E-state index contributed by atoms with van der Waals surface area (Å²) in [5, 5.41) is 27.4. The molecule has 1 aliphatic heterocycles. The van der Waals surface area contributed by atoms with Crippen molar-refractivity contribution in [3.8, 4) is 6.07 Å². The summed E-state index contributed by atoms with van der Waals surface area (Å²) >= 11 is 0. The number of ether oxygens (including phenoxy) is 1. The van der Waals surface area contributed by atoms with Crippen molar-refractivity contribution >= 4 is 5.82 Å². The number of alkyl halides is 2. The van der Waals surface area contributed by atoms with Gasteiger partial charge in [-0.05, 0) is 6.07 Å². The zero-order valence-corrected chi connectivity index (χ0v) is 9.90. The lowest BCUT2D eigenvalue weighted by Crippen LogP contribution is -2.48. The molecule has 10 heteroatoms. The number of aliphatic hydroxyl groups is 2. The predicted molar refractivity (Wildman–Crippen MR) is 59.4 cm³/mol. The molecule has 0 spiro atoms. The first-order chi connectivity index (χ1) is 9.28. The van der Waals surface area contributed by atoms with Crippen molar-refractivity contribution in [1.29, 1.82) is 5.26 Å². The van der Waals surface area contributed by atoms with E-state index < -0.39 is 36.2 Å². The third-order valence-corrected chi connectivity index (χ3v) is 2.99. The molecule has 2 heterocycles. The van der Waals surface area contributed by atoms with Crippen molar-refractivity contribution in [2.24, 2.45) is 0 Å². The molecule has 1 saturated heterocycles. The average Bonchev–Trinajstić information content (AvgIpc) is 2.60. The van der Waals surface area contributed by atoms with Crippen molar-refractivity contribution in [2.75, 3.05) is 12.3 Å². The number of nitrogens with two attached hydrogens (primary N) is 1. The van der Waals surface area contributed by atoms with E-state index in [-0.39, 0.29) is 5.82 Å². The Kier molecular flexibility index (Phi) is 3.21. The van der Waals surface area contributed by atoms with Crippen molar-refractivity contribution in [1.82, 2.24) is 9.55 Å². The monoisotopic (exact) mass is 288 g/mol. The van der Waals surface area contributed by atoms with Crippen LogP contribution in [0.3, 0.4) is 0 Å². The van der Waals surface area contributed by atoms with Gasteiger partial charge in [0.2, 0.25) is 11.8 Å². The van der Waals surface area contributed by atoms with Crippen molar-refractivity contribution < 1.29 is 23.7 Å². The highest BCUT2D eigenvalue weighted by molar-refractivity contribution is 5.24. The lowest BCUT2D eigenvalue weighted by atomic mass is 9.97. The van der Waals surface area contributed by atoms with Crippen LogP contribution in [0.2, 0.25) is 0 Å². The van der Waals surface area contributed by atoms with Gasteiger partial charge in [0.25, 0.3) is 0 Å². The summed E-state index contributed by atoms with van der Waals surface area (Å²) < 4.78 is 33.1. The molecule has 0 radical (unpaired) electrons. The number of hydrogen-bond acceptors (Lipinski definition) is 7. The fourth-order valence-electron chi connectivity index (χ4n) is 1.88. The zero-order chi connectivity index (χ0) is 15.1. The molecule has 20 heavy (non-hydrogen) atoms. The number of nitrogens with zero attached hydrogens (tertiary/aromatic N) is 3. The van der Waals surface area contributed by atoms with Gasteiger partial charge in [0, 0.05) is 6.20 Å². The van der Waals surface area contributed by atoms with Gasteiger partial charge in [-0.2, -0.15) is 19.0 Å². The smallest absolute Gasteiger partial charge is 0.351 e. The van der Waals surface area contributed by atoms with Crippen LogP contribution in [-0.2, 0) is 4.74 Å². The summed E-state index contributed by atoms with van der Waals surface area (Å²) in [6.45, 7) is -1.16. The van der Waals surface area contributed by atoms with Crippen LogP contribution in [0.1, 0.15) is 6.23 Å². The van der Waals surface area contributed by atoms with Gasteiger partial charge in [0.15, 0.2) is 6.10 Å². The van der Waals surface area contributed by atoms with E-state index in [4.69, 9.17) is 20.8 Å². The van der Waals surface area contributed by atoms with Crippen molar-refractivity contribution in [3.05, 3.63) is 22.7 Å². The lowest BCUT2D eigenvalue weighted by molar-refractivity contribution is -0.142. The summed E-state index contributed by atoms with van der Waals surface area (Å²) in [5.74, 6) is -4.15. The first-order valence-electron chi connectivity index (χ1n) is 5.39. The largest absolute Gasteiger partial charge is 0.392 e. The molecule has 0 amide bonds. The van der Waals surface area contributed by atoms with Crippen molar-refractivity contribution in [2.45, 2.75) is 23.9 Å². The SMILES string of the molecule is N#C[C@]1(CO)O[C@@H](n2ccc(N)nc2=O)C(F)(F)[C@@H]1O. The summed E-state index contributed by atoms with van der Waals surface area (Å²) in [5.41, 5.74) is 1.58. The summed E-state index contributed by atoms with van der Waals surface area (Å²) in [4.78, 5) is 14.8. The molecule has 0 aliphatic carbocycles. The van der Waals surface area contributed by atoms with Gasteiger partial charge in [0.05, 0.1) is 6.61 Å². The number of nitriles is 1. The molecule has 1 fully saturated rings. The Morgan fingerprint density at radius 3 is 2.75 bits per heavy atom. The standard InChI is InChI=1S/C10H10F2N4O4/c11-10(12)6(18)9(3-13,4-17)20-7(10)16-2-1-5(14)15-8(16)19/h1-2,6-7,17-18H,4H2,(H2,14,15,19)/t6-,7-,9-/m1/s1. The quantitative estimate of drug-likeness (QED) is 0.609. The van der Waals surface area contributed by atoms with Gasteiger partial charge in [0.1, 0.15) is 11.9 Å². The maximum absolute atomic E-state index is 14.0. The van der Waals surface area contributed by atoms with E-state index in [0.717, 1.165) is 12.3 Å².